The molecule has 2 saturated carbocycles. The van der Waals surface area contributed by atoms with E-state index in [0.717, 1.165) is 23.8 Å². The van der Waals surface area contributed by atoms with E-state index in [4.69, 9.17) is 0 Å². The Labute approximate surface area is 95.0 Å². The molecular weight excluding hydrogens is 182 g/mol. The predicted molar refractivity (Wildman–Crippen MR) is 65.9 cm³/mol. The molecule has 0 saturated heterocycles. The van der Waals surface area contributed by atoms with E-state index >= 15 is 0 Å². The summed E-state index contributed by atoms with van der Waals surface area (Å²) < 4.78 is 0. The monoisotopic (exact) mass is 209 g/mol. The van der Waals surface area contributed by atoms with Gasteiger partial charge < -0.3 is 5.32 Å². The molecule has 0 aromatic carbocycles. The first kappa shape index (κ1) is 11.4. The highest BCUT2D eigenvalue weighted by molar-refractivity contribution is 4.99. The fourth-order valence-electron chi connectivity index (χ4n) is 3.80. The summed E-state index contributed by atoms with van der Waals surface area (Å²) in [4.78, 5) is 0. The first-order valence-corrected chi connectivity index (χ1v) is 7.08. The molecule has 1 N–H and O–H groups in total. The van der Waals surface area contributed by atoms with E-state index in [-0.39, 0.29) is 0 Å². The van der Waals surface area contributed by atoms with Crippen LogP contribution in [0.3, 0.4) is 0 Å². The Morgan fingerprint density at radius 1 is 1.00 bits per heavy atom. The Morgan fingerprint density at radius 3 is 2.33 bits per heavy atom. The van der Waals surface area contributed by atoms with Crippen LogP contribution in [0.4, 0.5) is 0 Å². The maximum absolute atomic E-state index is 3.77. The average Bonchev–Trinajstić information content (AvgIpc) is 2.21. The van der Waals surface area contributed by atoms with E-state index < -0.39 is 0 Å². The molecule has 4 atom stereocenters. The van der Waals surface area contributed by atoms with Gasteiger partial charge in [0.2, 0.25) is 0 Å². The second-order valence-corrected chi connectivity index (χ2v) is 5.66. The van der Waals surface area contributed by atoms with Crippen LogP contribution < -0.4 is 5.32 Å². The van der Waals surface area contributed by atoms with Crippen LogP contribution in [0.2, 0.25) is 0 Å². The summed E-state index contributed by atoms with van der Waals surface area (Å²) in [6, 6.07) is 0.855. The van der Waals surface area contributed by atoms with Crippen molar-refractivity contribution >= 4 is 0 Å². The first-order valence-electron chi connectivity index (χ1n) is 7.08. The molecule has 0 aromatic heterocycles. The lowest BCUT2D eigenvalue weighted by atomic mass is 9.57. The molecule has 2 fully saturated rings. The summed E-state index contributed by atoms with van der Waals surface area (Å²) >= 11 is 0. The molecule has 0 aromatic rings. The Morgan fingerprint density at radius 2 is 1.67 bits per heavy atom. The molecule has 0 radical (unpaired) electrons. The molecule has 1 nitrogen and oxygen atoms in total. The van der Waals surface area contributed by atoms with Crippen LogP contribution in [0.15, 0.2) is 0 Å². The Kier molecular flexibility index (Phi) is 4.07. The van der Waals surface area contributed by atoms with Crippen LogP contribution in [-0.2, 0) is 0 Å². The van der Waals surface area contributed by atoms with Crippen molar-refractivity contribution in [2.24, 2.45) is 17.8 Å². The SMILES string of the molecule is CCCNC1C(C)C2CCCCCCC21. The van der Waals surface area contributed by atoms with E-state index in [1.165, 1.54) is 51.5 Å². The quantitative estimate of drug-likeness (QED) is 0.749. The molecule has 1 heteroatoms. The lowest BCUT2D eigenvalue weighted by Crippen LogP contribution is -2.57. The van der Waals surface area contributed by atoms with Crippen LogP contribution in [0.25, 0.3) is 0 Å². The van der Waals surface area contributed by atoms with Gasteiger partial charge in [-0.2, -0.15) is 0 Å². The largest absolute Gasteiger partial charge is 0.313 e. The molecule has 0 bridgehead atoms. The normalized spacial score (nSPS) is 41.2. The van der Waals surface area contributed by atoms with Gasteiger partial charge in [-0.25, -0.2) is 0 Å². The lowest BCUT2D eigenvalue weighted by molar-refractivity contribution is 0.00442. The second-order valence-electron chi connectivity index (χ2n) is 5.66. The minimum atomic E-state index is 0.855. The average molecular weight is 209 g/mol. The first-order chi connectivity index (χ1) is 7.34. The van der Waals surface area contributed by atoms with Crippen molar-refractivity contribution < 1.29 is 0 Å². The summed E-state index contributed by atoms with van der Waals surface area (Å²) in [5, 5.41) is 3.77. The molecule has 2 rings (SSSR count). The summed E-state index contributed by atoms with van der Waals surface area (Å²) in [7, 11) is 0. The highest BCUT2D eigenvalue weighted by Crippen LogP contribution is 2.47. The molecule has 2 aliphatic carbocycles. The standard InChI is InChI=1S/C14H27N/c1-3-10-15-14-11(2)12-8-6-4-5-7-9-13(12)14/h11-15H,3-10H2,1-2H3. The number of fused-ring (bicyclic) bond motifs is 1. The van der Waals surface area contributed by atoms with Crippen molar-refractivity contribution in [3.8, 4) is 0 Å². The Balaban J connectivity index is 1.86. The zero-order valence-corrected chi connectivity index (χ0v) is 10.5. The Bertz CT molecular complexity index is 190. The minimum Gasteiger partial charge on any atom is -0.313 e. The molecule has 4 unspecified atom stereocenters. The van der Waals surface area contributed by atoms with Gasteiger partial charge in [-0.15, -0.1) is 0 Å². The van der Waals surface area contributed by atoms with Crippen molar-refractivity contribution in [2.45, 2.75) is 64.8 Å². The number of hydrogen-bond acceptors (Lipinski definition) is 1. The lowest BCUT2D eigenvalue weighted by Gasteiger charge is -2.52. The van der Waals surface area contributed by atoms with Crippen molar-refractivity contribution in [1.82, 2.24) is 5.32 Å². The maximum Gasteiger partial charge on any atom is 0.0126 e. The summed E-state index contributed by atoms with van der Waals surface area (Å²) in [5.74, 6) is 3.02. The van der Waals surface area contributed by atoms with Crippen molar-refractivity contribution in [2.75, 3.05) is 6.54 Å². The number of rotatable bonds is 3. The molecule has 2 aliphatic rings. The number of nitrogens with one attached hydrogen (secondary N) is 1. The summed E-state index contributed by atoms with van der Waals surface area (Å²) in [6.45, 7) is 5.96. The third-order valence-corrected chi connectivity index (χ3v) is 4.71. The third-order valence-electron chi connectivity index (χ3n) is 4.71. The molecule has 88 valence electrons. The topological polar surface area (TPSA) is 12.0 Å². The van der Waals surface area contributed by atoms with Crippen LogP contribution >= 0.6 is 0 Å². The van der Waals surface area contributed by atoms with Crippen LogP contribution in [-0.4, -0.2) is 12.6 Å². The van der Waals surface area contributed by atoms with Crippen molar-refractivity contribution in [3.05, 3.63) is 0 Å². The molecule has 0 spiro atoms. The van der Waals surface area contributed by atoms with E-state index in [2.05, 4.69) is 19.2 Å². The number of hydrogen-bond donors (Lipinski definition) is 1. The Hall–Kier alpha value is -0.0400. The molecule has 0 aliphatic heterocycles. The van der Waals surface area contributed by atoms with Gasteiger partial charge in [-0.3, -0.25) is 0 Å². The smallest absolute Gasteiger partial charge is 0.0126 e. The zero-order chi connectivity index (χ0) is 10.7. The van der Waals surface area contributed by atoms with Crippen molar-refractivity contribution in [3.63, 3.8) is 0 Å². The van der Waals surface area contributed by atoms with E-state index in [1.54, 1.807) is 0 Å². The minimum absolute atomic E-state index is 0.855. The van der Waals surface area contributed by atoms with E-state index in [9.17, 15) is 0 Å². The highest BCUT2D eigenvalue weighted by atomic mass is 15.0. The van der Waals surface area contributed by atoms with Gasteiger partial charge in [-0.05, 0) is 43.6 Å². The fourth-order valence-corrected chi connectivity index (χ4v) is 3.80. The summed E-state index contributed by atoms with van der Waals surface area (Å²) in [6.07, 6.45) is 10.2. The molecule has 0 heterocycles. The second kappa shape index (κ2) is 5.34. The van der Waals surface area contributed by atoms with Gasteiger partial charge in [0.25, 0.3) is 0 Å². The van der Waals surface area contributed by atoms with Crippen LogP contribution in [0.1, 0.15) is 58.8 Å². The van der Waals surface area contributed by atoms with Gasteiger partial charge in [0.1, 0.15) is 0 Å². The van der Waals surface area contributed by atoms with Gasteiger partial charge in [0.15, 0.2) is 0 Å². The van der Waals surface area contributed by atoms with Gasteiger partial charge in [-0.1, -0.05) is 39.5 Å². The van der Waals surface area contributed by atoms with E-state index in [0.29, 0.717) is 0 Å². The van der Waals surface area contributed by atoms with E-state index in [1.807, 2.05) is 0 Å². The zero-order valence-electron chi connectivity index (χ0n) is 10.5. The maximum atomic E-state index is 3.77. The van der Waals surface area contributed by atoms with Gasteiger partial charge >= 0.3 is 0 Å². The van der Waals surface area contributed by atoms with Gasteiger partial charge in [0, 0.05) is 6.04 Å². The third kappa shape index (κ3) is 2.38. The highest BCUT2D eigenvalue weighted by Gasteiger charge is 2.46. The fraction of sp³-hybridized carbons (Fsp3) is 1.00. The summed E-state index contributed by atoms with van der Waals surface area (Å²) in [5.41, 5.74) is 0. The van der Waals surface area contributed by atoms with Gasteiger partial charge in [0.05, 0.1) is 0 Å². The molecule has 15 heavy (non-hydrogen) atoms. The van der Waals surface area contributed by atoms with Crippen LogP contribution in [0.5, 0.6) is 0 Å². The van der Waals surface area contributed by atoms with Crippen molar-refractivity contribution in [1.29, 1.82) is 0 Å². The van der Waals surface area contributed by atoms with Crippen LogP contribution in [0, 0.1) is 17.8 Å². The molecule has 0 amide bonds. The molecular formula is C14H27N. The predicted octanol–water partition coefficient (Wildman–Crippen LogP) is 3.59.